The van der Waals surface area contributed by atoms with E-state index in [0.29, 0.717) is 5.69 Å². The van der Waals surface area contributed by atoms with Crippen LogP contribution in [0.25, 0.3) is 0 Å². The molecule has 0 saturated carbocycles. The molecule has 2 aromatic rings. The van der Waals surface area contributed by atoms with Crippen molar-refractivity contribution < 1.29 is 4.79 Å². The van der Waals surface area contributed by atoms with Crippen molar-refractivity contribution in [2.45, 2.75) is 27.2 Å². The van der Waals surface area contributed by atoms with Gasteiger partial charge in [-0.1, -0.05) is 19.1 Å². The minimum absolute atomic E-state index is 0.138. The van der Waals surface area contributed by atoms with E-state index < -0.39 is 0 Å². The highest BCUT2D eigenvalue weighted by Crippen LogP contribution is 2.18. The second-order valence-electron chi connectivity index (χ2n) is 4.14. The number of hydrogen-bond donors (Lipinski definition) is 1. The summed E-state index contributed by atoms with van der Waals surface area (Å²) in [4.78, 5) is 17.2. The zero-order valence-corrected chi connectivity index (χ0v) is 11.6. The van der Waals surface area contributed by atoms with Crippen LogP contribution in [-0.4, -0.2) is 10.9 Å². The first-order valence-corrected chi connectivity index (χ1v) is 6.76. The van der Waals surface area contributed by atoms with E-state index in [-0.39, 0.29) is 5.91 Å². The van der Waals surface area contributed by atoms with Crippen molar-refractivity contribution in [2.24, 2.45) is 0 Å². The number of aromatic nitrogens is 1. The quantitative estimate of drug-likeness (QED) is 0.916. The SMILES string of the molecule is CCc1ccc(NC(=O)c2nc(C)sc2C)cc1. The number of thiazole rings is 1. The summed E-state index contributed by atoms with van der Waals surface area (Å²) in [6.07, 6.45) is 0.999. The lowest BCUT2D eigenvalue weighted by Gasteiger charge is -2.04. The van der Waals surface area contributed by atoms with Crippen molar-refractivity contribution in [3.8, 4) is 0 Å². The van der Waals surface area contributed by atoms with Crippen LogP contribution in [0.3, 0.4) is 0 Å². The first-order valence-electron chi connectivity index (χ1n) is 5.94. The van der Waals surface area contributed by atoms with E-state index in [2.05, 4.69) is 17.2 Å². The summed E-state index contributed by atoms with van der Waals surface area (Å²) in [5.74, 6) is -0.138. The molecule has 0 aliphatic heterocycles. The van der Waals surface area contributed by atoms with Gasteiger partial charge in [0.25, 0.3) is 5.91 Å². The summed E-state index contributed by atoms with van der Waals surface area (Å²) in [6.45, 7) is 5.93. The fourth-order valence-corrected chi connectivity index (χ4v) is 2.57. The fraction of sp³-hybridized carbons (Fsp3) is 0.286. The molecule has 18 heavy (non-hydrogen) atoms. The Morgan fingerprint density at radius 1 is 1.28 bits per heavy atom. The van der Waals surface area contributed by atoms with Crippen LogP contribution in [0, 0.1) is 13.8 Å². The lowest BCUT2D eigenvalue weighted by Crippen LogP contribution is -2.13. The summed E-state index contributed by atoms with van der Waals surface area (Å²) in [5.41, 5.74) is 2.59. The van der Waals surface area contributed by atoms with Crippen LogP contribution in [0.4, 0.5) is 5.69 Å². The summed E-state index contributed by atoms with van der Waals surface area (Å²) in [5, 5.41) is 3.78. The fourth-order valence-electron chi connectivity index (χ4n) is 1.75. The van der Waals surface area contributed by atoms with Gasteiger partial charge in [0.15, 0.2) is 0 Å². The van der Waals surface area contributed by atoms with E-state index in [9.17, 15) is 4.79 Å². The van der Waals surface area contributed by atoms with Crippen molar-refractivity contribution in [2.75, 3.05) is 5.32 Å². The average molecular weight is 260 g/mol. The summed E-state index contributed by atoms with van der Waals surface area (Å²) >= 11 is 1.54. The zero-order chi connectivity index (χ0) is 13.1. The Bertz CT molecular complexity index is 558. The Labute approximate surface area is 111 Å². The van der Waals surface area contributed by atoms with E-state index >= 15 is 0 Å². The molecule has 0 atom stereocenters. The van der Waals surface area contributed by atoms with Crippen molar-refractivity contribution in [1.82, 2.24) is 4.98 Å². The second-order valence-corrected chi connectivity index (χ2v) is 5.55. The molecule has 4 heteroatoms. The first-order chi connectivity index (χ1) is 8.60. The van der Waals surface area contributed by atoms with Crippen LogP contribution in [0.5, 0.6) is 0 Å². The molecule has 0 bridgehead atoms. The number of amides is 1. The molecule has 0 saturated heterocycles. The van der Waals surface area contributed by atoms with Crippen molar-refractivity contribution in [3.63, 3.8) is 0 Å². The molecule has 1 N–H and O–H groups in total. The largest absolute Gasteiger partial charge is 0.321 e. The van der Waals surface area contributed by atoms with Gasteiger partial charge >= 0.3 is 0 Å². The molecule has 3 nitrogen and oxygen atoms in total. The van der Waals surface area contributed by atoms with Gasteiger partial charge in [-0.15, -0.1) is 11.3 Å². The number of aryl methyl sites for hydroxylation is 3. The molecule has 0 unspecified atom stereocenters. The number of carbonyl (C=O) groups excluding carboxylic acids is 1. The van der Waals surface area contributed by atoms with Gasteiger partial charge in [-0.3, -0.25) is 4.79 Å². The number of nitrogens with one attached hydrogen (secondary N) is 1. The standard InChI is InChI=1S/C14H16N2OS/c1-4-11-5-7-12(8-6-11)16-14(17)13-9(2)18-10(3)15-13/h5-8H,4H2,1-3H3,(H,16,17). The van der Waals surface area contributed by atoms with Crippen LogP contribution >= 0.6 is 11.3 Å². The van der Waals surface area contributed by atoms with Crippen LogP contribution in [-0.2, 0) is 6.42 Å². The number of hydrogen-bond acceptors (Lipinski definition) is 3. The Balaban J connectivity index is 2.13. The molecule has 0 aliphatic carbocycles. The van der Waals surface area contributed by atoms with Crippen LogP contribution < -0.4 is 5.32 Å². The monoisotopic (exact) mass is 260 g/mol. The summed E-state index contributed by atoms with van der Waals surface area (Å²) in [6, 6.07) is 7.89. The van der Waals surface area contributed by atoms with Gasteiger partial charge in [-0.25, -0.2) is 4.98 Å². The maximum absolute atomic E-state index is 12.0. The minimum Gasteiger partial charge on any atom is -0.321 e. The average Bonchev–Trinajstić information content (AvgIpc) is 2.69. The number of nitrogens with zero attached hydrogens (tertiary/aromatic N) is 1. The Morgan fingerprint density at radius 2 is 1.94 bits per heavy atom. The second kappa shape index (κ2) is 5.31. The lowest BCUT2D eigenvalue weighted by atomic mass is 10.1. The van der Waals surface area contributed by atoms with E-state index in [4.69, 9.17) is 0 Å². The predicted octanol–water partition coefficient (Wildman–Crippen LogP) is 3.57. The third kappa shape index (κ3) is 2.76. The highest BCUT2D eigenvalue weighted by Gasteiger charge is 2.13. The maximum Gasteiger partial charge on any atom is 0.275 e. The Hall–Kier alpha value is -1.68. The minimum atomic E-state index is -0.138. The molecule has 1 heterocycles. The highest BCUT2D eigenvalue weighted by atomic mass is 32.1. The van der Waals surface area contributed by atoms with Gasteiger partial charge < -0.3 is 5.32 Å². The van der Waals surface area contributed by atoms with Crippen LogP contribution in [0.15, 0.2) is 24.3 Å². The zero-order valence-electron chi connectivity index (χ0n) is 10.8. The highest BCUT2D eigenvalue weighted by molar-refractivity contribution is 7.11. The van der Waals surface area contributed by atoms with Crippen molar-refractivity contribution >= 4 is 22.9 Å². The van der Waals surface area contributed by atoms with Crippen LogP contribution in [0.2, 0.25) is 0 Å². The van der Waals surface area contributed by atoms with Gasteiger partial charge in [0.2, 0.25) is 0 Å². The van der Waals surface area contributed by atoms with E-state index in [1.807, 2.05) is 38.1 Å². The molecule has 2 rings (SSSR count). The molecule has 1 aromatic heterocycles. The van der Waals surface area contributed by atoms with E-state index in [0.717, 1.165) is 22.0 Å². The lowest BCUT2D eigenvalue weighted by molar-refractivity contribution is 0.102. The molecule has 1 aromatic carbocycles. The molecule has 0 aliphatic rings. The van der Waals surface area contributed by atoms with Gasteiger partial charge in [-0.05, 0) is 38.0 Å². The number of anilines is 1. The third-order valence-electron chi connectivity index (χ3n) is 2.74. The third-order valence-corrected chi connectivity index (χ3v) is 3.62. The molecule has 0 fully saturated rings. The first kappa shape index (κ1) is 12.8. The van der Waals surface area contributed by atoms with Gasteiger partial charge in [0, 0.05) is 10.6 Å². The van der Waals surface area contributed by atoms with Crippen LogP contribution in [0.1, 0.15) is 32.9 Å². The van der Waals surface area contributed by atoms with Crippen molar-refractivity contribution in [3.05, 3.63) is 45.4 Å². The molecule has 0 spiro atoms. The number of carbonyl (C=O) groups is 1. The normalized spacial score (nSPS) is 10.4. The molecule has 0 radical (unpaired) electrons. The number of rotatable bonds is 3. The van der Waals surface area contributed by atoms with E-state index in [1.54, 1.807) is 11.3 Å². The summed E-state index contributed by atoms with van der Waals surface area (Å²) < 4.78 is 0. The predicted molar refractivity (Wildman–Crippen MR) is 75.4 cm³/mol. The molecule has 1 amide bonds. The van der Waals surface area contributed by atoms with E-state index in [1.165, 1.54) is 5.56 Å². The Morgan fingerprint density at radius 3 is 2.44 bits per heavy atom. The van der Waals surface area contributed by atoms with Gasteiger partial charge in [-0.2, -0.15) is 0 Å². The van der Waals surface area contributed by atoms with Gasteiger partial charge in [0.05, 0.1) is 5.01 Å². The topological polar surface area (TPSA) is 42.0 Å². The van der Waals surface area contributed by atoms with Gasteiger partial charge in [0.1, 0.15) is 5.69 Å². The Kier molecular flexibility index (Phi) is 3.77. The smallest absolute Gasteiger partial charge is 0.275 e. The molecule has 94 valence electrons. The molecular formula is C14H16N2OS. The molecular weight excluding hydrogens is 244 g/mol. The maximum atomic E-state index is 12.0. The van der Waals surface area contributed by atoms with Crippen molar-refractivity contribution in [1.29, 1.82) is 0 Å². The number of benzene rings is 1. The summed E-state index contributed by atoms with van der Waals surface area (Å²) in [7, 11) is 0.